The summed E-state index contributed by atoms with van der Waals surface area (Å²) in [6, 6.07) is 5.96. The second-order valence-electron chi connectivity index (χ2n) is 4.50. The molecule has 7 heteroatoms. The van der Waals surface area contributed by atoms with Gasteiger partial charge in [0.2, 0.25) is 11.1 Å². The largest absolute Gasteiger partial charge is 0.490 e. The van der Waals surface area contributed by atoms with Crippen molar-refractivity contribution in [3.63, 3.8) is 0 Å². The lowest BCUT2D eigenvalue weighted by atomic mass is 10.1. The lowest BCUT2D eigenvalue weighted by molar-refractivity contribution is 0.125. The lowest BCUT2D eigenvalue weighted by Crippen LogP contribution is -2.20. The molecule has 0 saturated heterocycles. The van der Waals surface area contributed by atoms with Gasteiger partial charge in [0, 0.05) is 5.75 Å². The van der Waals surface area contributed by atoms with Crippen LogP contribution in [0.4, 0.5) is 5.95 Å². The van der Waals surface area contributed by atoms with Gasteiger partial charge < -0.3 is 15.6 Å². The molecule has 0 aliphatic rings. The van der Waals surface area contributed by atoms with E-state index in [-0.39, 0.29) is 12.6 Å². The summed E-state index contributed by atoms with van der Waals surface area (Å²) in [5.74, 6) is 1.55. The molecule has 108 valence electrons. The summed E-state index contributed by atoms with van der Waals surface area (Å²) >= 11 is 1.33. The van der Waals surface area contributed by atoms with Crippen molar-refractivity contribution in [2.75, 3.05) is 18.1 Å². The van der Waals surface area contributed by atoms with E-state index in [0.717, 1.165) is 16.9 Å². The smallest absolute Gasteiger partial charge is 0.216 e. The average molecular weight is 294 g/mol. The molecule has 0 fully saturated rings. The van der Waals surface area contributed by atoms with Crippen LogP contribution in [0, 0.1) is 13.8 Å². The maximum atomic E-state index is 9.92. The molecule has 0 bridgehead atoms. The number of thioether (sulfide) groups is 1. The van der Waals surface area contributed by atoms with Crippen molar-refractivity contribution < 1.29 is 9.84 Å². The normalized spacial score (nSPS) is 12.3. The van der Waals surface area contributed by atoms with E-state index in [0.29, 0.717) is 10.9 Å². The third kappa shape index (κ3) is 3.88. The minimum Gasteiger partial charge on any atom is -0.490 e. The number of nitrogens with two attached hydrogens (primary N) is 1. The Kier molecular flexibility index (Phi) is 4.86. The predicted octanol–water partition coefficient (Wildman–Crippen LogP) is 1.54. The van der Waals surface area contributed by atoms with Gasteiger partial charge in [0.15, 0.2) is 0 Å². The van der Waals surface area contributed by atoms with Crippen LogP contribution in [0.15, 0.2) is 23.4 Å². The number of aromatic amines is 1. The Hall–Kier alpha value is -1.73. The van der Waals surface area contributed by atoms with Crippen LogP contribution < -0.4 is 10.5 Å². The van der Waals surface area contributed by atoms with E-state index in [2.05, 4.69) is 15.2 Å². The SMILES string of the molecule is Cc1cccc(C)c1OC[C@H](O)CSc1n[nH]c(N)n1. The van der Waals surface area contributed by atoms with E-state index < -0.39 is 6.10 Å². The molecule has 0 aliphatic heterocycles. The van der Waals surface area contributed by atoms with Crippen LogP contribution in [0.2, 0.25) is 0 Å². The highest BCUT2D eigenvalue weighted by atomic mass is 32.2. The molecule has 1 atom stereocenters. The van der Waals surface area contributed by atoms with Gasteiger partial charge in [0.05, 0.1) is 6.10 Å². The number of anilines is 1. The fourth-order valence-electron chi connectivity index (χ4n) is 1.75. The number of H-pyrrole nitrogens is 1. The standard InChI is InChI=1S/C13H18N4O2S/c1-8-4-3-5-9(2)11(8)19-6-10(18)7-20-13-15-12(14)16-17-13/h3-5,10,18H,6-7H2,1-2H3,(H3,14,15,16,17)/t10-/m0/s1. The minimum atomic E-state index is -0.598. The number of nitrogens with zero attached hydrogens (tertiary/aromatic N) is 2. The number of aryl methyl sites for hydroxylation is 2. The number of aliphatic hydroxyl groups excluding tert-OH is 1. The fourth-order valence-corrected chi connectivity index (χ4v) is 2.46. The van der Waals surface area contributed by atoms with Crippen LogP contribution in [-0.4, -0.2) is 38.8 Å². The first-order valence-corrected chi connectivity index (χ1v) is 7.22. The van der Waals surface area contributed by atoms with Crippen molar-refractivity contribution in [2.24, 2.45) is 0 Å². The van der Waals surface area contributed by atoms with Gasteiger partial charge in [-0.3, -0.25) is 0 Å². The van der Waals surface area contributed by atoms with Crippen molar-refractivity contribution in [2.45, 2.75) is 25.1 Å². The molecular weight excluding hydrogens is 276 g/mol. The van der Waals surface area contributed by atoms with Gasteiger partial charge in [-0.25, -0.2) is 5.10 Å². The molecule has 1 aromatic carbocycles. The van der Waals surface area contributed by atoms with E-state index >= 15 is 0 Å². The molecule has 1 aromatic heterocycles. The number of aliphatic hydroxyl groups is 1. The molecule has 0 saturated carbocycles. The lowest BCUT2D eigenvalue weighted by Gasteiger charge is -2.14. The third-order valence-corrected chi connectivity index (χ3v) is 3.71. The molecular formula is C13H18N4O2S. The van der Waals surface area contributed by atoms with Crippen molar-refractivity contribution in [3.8, 4) is 5.75 Å². The number of para-hydroxylation sites is 1. The van der Waals surface area contributed by atoms with Crippen LogP contribution in [-0.2, 0) is 0 Å². The molecule has 0 radical (unpaired) electrons. The molecule has 4 N–H and O–H groups in total. The summed E-state index contributed by atoms with van der Waals surface area (Å²) in [5.41, 5.74) is 7.55. The van der Waals surface area contributed by atoms with Crippen LogP contribution in [0.1, 0.15) is 11.1 Å². The highest BCUT2D eigenvalue weighted by Gasteiger charge is 2.10. The zero-order valence-electron chi connectivity index (χ0n) is 11.5. The van der Waals surface area contributed by atoms with Crippen molar-refractivity contribution in [1.29, 1.82) is 0 Å². The number of hydrogen-bond acceptors (Lipinski definition) is 6. The number of hydrogen-bond donors (Lipinski definition) is 3. The number of benzene rings is 1. The Morgan fingerprint density at radius 2 is 2.10 bits per heavy atom. The Balaban J connectivity index is 1.81. The third-order valence-electron chi connectivity index (χ3n) is 2.72. The quantitative estimate of drug-likeness (QED) is 0.699. The Morgan fingerprint density at radius 3 is 2.70 bits per heavy atom. The van der Waals surface area contributed by atoms with Gasteiger partial charge in [0.1, 0.15) is 12.4 Å². The van der Waals surface area contributed by atoms with Crippen molar-refractivity contribution in [3.05, 3.63) is 29.3 Å². The summed E-state index contributed by atoms with van der Waals surface area (Å²) in [6.07, 6.45) is -0.598. The fraction of sp³-hybridized carbons (Fsp3) is 0.385. The predicted molar refractivity (Wildman–Crippen MR) is 78.9 cm³/mol. The number of nitrogen functional groups attached to an aromatic ring is 1. The maximum absolute atomic E-state index is 9.92. The average Bonchev–Trinajstić information content (AvgIpc) is 2.82. The monoisotopic (exact) mass is 294 g/mol. The first-order valence-electron chi connectivity index (χ1n) is 6.24. The highest BCUT2D eigenvalue weighted by molar-refractivity contribution is 7.99. The number of rotatable bonds is 6. The van der Waals surface area contributed by atoms with Crippen LogP contribution >= 0.6 is 11.8 Å². The first-order chi connectivity index (χ1) is 9.56. The number of ether oxygens (including phenoxy) is 1. The zero-order valence-corrected chi connectivity index (χ0v) is 12.3. The highest BCUT2D eigenvalue weighted by Crippen LogP contribution is 2.23. The van der Waals surface area contributed by atoms with Crippen molar-refractivity contribution >= 4 is 17.7 Å². The van der Waals surface area contributed by atoms with E-state index in [1.54, 1.807) is 0 Å². The van der Waals surface area contributed by atoms with Gasteiger partial charge in [-0.1, -0.05) is 30.0 Å². The molecule has 0 aliphatic carbocycles. The Morgan fingerprint density at radius 1 is 1.40 bits per heavy atom. The minimum absolute atomic E-state index is 0.235. The molecule has 2 rings (SSSR count). The maximum Gasteiger partial charge on any atom is 0.216 e. The van der Waals surface area contributed by atoms with Gasteiger partial charge in [-0.15, -0.1) is 5.10 Å². The second kappa shape index (κ2) is 6.62. The van der Waals surface area contributed by atoms with Crippen LogP contribution in [0.25, 0.3) is 0 Å². The van der Waals surface area contributed by atoms with E-state index in [1.165, 1.54) is 11.8 Å². The molecule has 0 spiro atoms. The molecule has 1 heterocycles. The summed E-state index contributed by atoms with van der Waals surface area (Å²) in [6.45, 7) is 4.21. The van der Waals surface area contributed by atoms with Gasteiger partial charge in [-0.05, 0) is 25.0 Å². The van der Waals surface area contributed by atoms with E-state index in [4.69, 9.17) is 10.5 Å². The summed E-state index contributed by atoms with van der Waals surface area (Å²) < 4.78 is 5.69. The molecule has 20 heavy (non-hydrogen) atoms. The topological polar surface area (TPSA) is 97.0 Å². The Bertz CT molecular complexity index is 553. The number of nitrogens with one attached hydrogen (secondary N) is 1. The van der Waals surface area contributed by atoms with Gasteiger partial charge in [-0.2, -0.15) is 4.98 Å². The summed E-state index contributed by atoms with van der Waals surface area (Å²) in [4.78, 5) is 3.95. The summed E-state index contributed by atoms with van der Waals surface area (Å²) in [5, 5.41) is 16.9. The first kappa shape index (κ1) is 14.7. The second-order valence-corrected chi connectivity index (χ2v) is 5.49. The molecule has 2 aromatic rings. The molecule has 6 nitrogen and oxygen atoms in total. The zero-order chi connectivity index (χ0) is 14.5. The van der Waals surface area contributed by atoms with Gasteiger partial charge in [0.25, 0.3) is 0 Å². The van der Waals surface area contributed by atoms with E-state index in [9.17, 15) is 5.11 Å². The Labute approximate surface area is 121 Å². The molecule has 0 amide bonds. The molecule has 0 unspecified atom stereocenters. The van der Waals surface area contributed by atoms with Crippen LogP contribution in [0.5, 0.6) is 5.75 Å². The van der Waals surface area contributed by atoms with Crippen LogP contribution in [0.3, 0.4) is 0 Å². The number of aromatic nitrogens is 3. The van der Waals surface area contributed by atoms with E-state index in [1.807, 2.05) is 32.0 Å². The van der Waals surface area contributed by atoms with Gasteiger partial charge >= 0.3 is 0 Å². The summed E-state index contributed by atoms with van der Waals surface area (Å²) in [7, 11) is 0. The van der Waals surface area contributed by atoms with Crippen molar-refractivity contribution in [1.82, 2.24) is 15.2 Å².